The van der Waals surface area contributed by atoms with Gasteiger partial charge in [-0.25, -0.2) is 11.6 Å². The third-order valence-corrected chi connectivity index (χ3v) is 1.15. The summed E-state index contributed by atoms with van der Waals surface area (Å²) in [5.74, 6) is 0. The van der Waals surface area contributed by atoms with Gasteiger partial charge in [-0.2, -0.15) is 6.08 Å². The molecule has 0 amide bonds. The Kier molecular flexibility index (Phi) is 8.80. The molecule has 10 heavy (non-hydrogen) atoms. The monoisotopic (exact) mass is 253 g/mol. The number of hydrogen-bond acceptors (Lipinski definition) is 0. The minimum absolute atomic E-state index is 0.826. The standard InChI is InChI=1S/C7H9.2ClH.Zr/c1-2-7-5-3-4-6-7;;;/h3,5H,2,4H2,1H3;2*1H;/q-1;;;+2/p-2. The van der Waals surface area contributed by atoms with Gasteiger partial charge in [-0.15, -0.1) is 6.42 Å². The molecule has 0 saturated heterocycles. The maximum absolute atomic E-state index is 4.93. The first-order valence-corrected chi connectivity index (χ1v) is 9.40. The van der Waals surface area contributed by atoms with Gasteiger partial charge < -0.3 is 0 Å². The fraction of sp³-hybridized carbons (Fsp3) is 0.429. The van der Waals surface area contributed by atoms with E-state index in [1.54, 1.807) is 0 Å². The summed E-state index contributed by atoms with van der Waals surface area (Å²) < 4.78 is 0. The van der Waals surface area contributed by atoms with Crippen LogP contribution < -0.4 is 0 Å². The van der Waals surface area contributed by atoms with Crippen LogP contribution >= 0.6 is 17.0 Å². The van der Waals surface area contributed by atoms with Crippen LogP contribution in [-0.4, -0.2) is 0 Å². The van der Waals surface area contributed by atoms with Gasteiger partial charge in [0, 0.05) is 0 Å². The number of allylic oxidation sites excluding steroid dienone is 4. The van der Waals surface area contributed by atoms with Crippen molar-refractivity contribution >= 4 is 17.0 Å². The molecule has 0 atom stereocenters. The summed E-state index contributed by atoms with van der Waals surface area (Å²) in [4.78, 5) is 0. The van der Waals surface area contributed by atoms with E-state index in [1.165, 1.54) is 5.57 Å². The first-order chi connectivity index (χ1) is 4.85. The van der Waals surface area contributed by atoms with Gasteiger partial charge in [0.15, 0.2) is 0 Å². The van der Waals surface area contributed by atoms with Crippen molar-refractivity contribution < 1.29 is 20.8 Å². The Hall–Kier alpha value is 0.943. The minimum atomic E-state index is -0.826. The molecule has 0 N–H and O–H groups in total. The molecular formula is C7H9Cl2Zr-. The molecule has 0 aromatic rings. The van der Waals surface area contributed by atoms with Gasteiger partial charge in [-0.1, -0.05) is 13.3 Å². The normalized spacial score (nSPS) is 13.7. The average Bonchev–Trinajstić information content (AvgIpc) is 2.39. The summed E-state index contributed by atoms with van der Waals surface area (Å²) in [5, 5.41) is 0. The van der Waals surface area contributed by atoms with Gasteiger partial charge in [0.25, 0.3) is 0 Å². The second kappa shape index (κ2) is 8.04. The van der Waals surface area contributed by atoms with E-state index in [4.69, 9.17) is 17.0 Å². The van der Waals surface area contributed by atoms with Crippen molar-refractivity contribution in [2.24, 2.45) is 0 Å². The van der Waals surface area contributed by atoms with Crippen molar-refractivity contribution in [1.29, 1.82) is 0 Å². The van der Waals surface area contributed by atoms with Crippen LogP contribution in [0.4, 0.5) is 0 Å². The van der Waals surface area contributed by atoms with Crippen molar-refractivity contribution in [3.05, 3.63) is 23.8 Å². The molecule has 0 nitrogen and oxygen atoms in total. The summed E-state index contributed by atoms with van der Waals surface area (Å²) in [7, 11) is 9.87. The summed E-state index contributed by atoms with van der Waals surface area (Å²) in [6.07, 6.45) is 9.65. The van der Waals surface area contributed by atoms with E-state index < -0.39 is 20.8 Å². The Balaban J connectivity index is 0.000000236. The van der Waals surface area contributed by atoms with Gasteiger partial charge >= 0.3 is 37.9 Å². The molecule has 0 spiro atoms. The Morgan fingerprint density at radius 1 is 1.70 bits per heavy atom. The van der Waals surface area contributed by atoms with Crippen LogP contribution in [0.3, 0.4) is 0 Å². The van der Waals surface area contributed by atoms with Crippen LogP contribution in [0.15, 0.2) is 17.7 Å². The molecule has 1 rings (SSSR count). The topological polar surface area (TPSA) is 0 Å². The van der Waals surface area contributed by atoms with E-state index in [2.05, 4.69) is 25.2 Å². The van der Waals surface area contributed by atoms with Gasteiger partial charge in [0.1, 0.15) is 0 Å². The number of rotatable bonds is 1. The predicted molar refractivity (Wildman–Crippen MR) is 42.5 cm³/mol. The van der Waals surface area contributed by atoms with E-state index in [0.717, 1.165) is 12.8 Å². The third kappa shape index (κ3) is 5.71. The molecule has 0 bridgehead atoms. The number of hydrogen-bond donors (Lipinski definition) is 0. The van der Waals surface area contributed by atoms with Crippen molar-refractivity contribution in [3.8, 4) is 0 Å². The van der Waals surface area contributed by atoms with Crippen LogP contribution in [-0.2, 0) is 20.8 Å². The quantitative estimate of drug-likeness (QED) is 0.629. The molecular weight excluding hydrogens is 246 g/mol. The van der Waals surface area contributed by atoms with E-state index >= 15 is 0 Å². The van der Waals surface area contributed by atoms with Gasteiger partial charge in [0.05, 0.1) is 0 Å². The van der Waals surface area contributed by atoms with E-state index in [9.17, 15) is 0 Å². The summed E-state index contributed by atoms with van der Waals surface area (Å²) in [6, 6.07) is 0. The van der Waals surface area contributed by atoms with Crippen molar-refractivity contribution in [2.75, 3.05) is 0 Å². The van der Waals surface area contributed by atoms with Crippen LogP contribution in [0.25, 0.3) is 0 Å². The fourth-order valence-electron chi connectivity index (χ4n) is 0.693. The Morgan fingerprint density at radius 2 is 2.30 bits per heavy atom. The molecule has 0 aromatic heterocycles. The second-order valence-electron chi connectivity index (χ2n) is 1.73. The van der Waals surface area contributed by atoms with Crippen LogP contribution in [0, 0.1) is 6.08 Å². The summed E-state index contributed by atoms with van der Waals surface area (Å²) >= 11 is -0.826. The molecule has 0 fully saturated rings. The number of halogens is 2. The third-order valence-electron chi connectivity index (χ3n) is 1.15. The van der Waals surface area contributed by atoms with Crippen LogP contribution in [0.5, 0.6) is 0 Å². The van der Waals surface area contributed by atoms with Crippen molar-refractivity contribution in [1.82, 2.24) is 0 Å². The van der Waals surface area contributed by atoms with Crippen LogP contribution in [0.2, 0.25) is 0 Å². The molecule has 0 unspecified atom stereocenters. The van der Waals surface area contributed by atoms with Crippen LogP contribution in [0.1, 0.15) is 19.8 Å². The SMILES string of the molecule is CCC1=[C-]CC=C1.[Cl][Zr][Cl]. The fourth-order valence-corrected chi connectivity index (χ4v) is 0.693. The molecule has 56 valence electrons. The Bertz CT molecular complexity index is 130. The zero-order chi connectivity index (χ0) is 7.82. The molecule has 0 heterocycles. The van der Waals surface area contributed by atoms with E-state index in [-0.39, 0.29) is 0 Å². The van der Waals surface area contributed by atoms with Gasteiger partial charge in [0.2, 0.25) is 0 Å². The predicted octanol–water partition coefficient (Wildman–Crippen LogP) is 3.46. The van der Waals surface area contributed by atoms with E-state index in [1.807, 2.05) is 0 Å². The zero-order valence-corrected chi connectivity index (χ0v) is 9.79. The molecule has 1 aliphatic rings. The molecule has 0 aliphatic heterocycles. The van der Waals surface area contributed by atoms with Gasteiger partial charge in [-0.05, 0) is 0 Å². The Labute approximate surface area is 81.0 Å². The first kappa shape index (κ1) is 10.9. The molecule has 0 aromatic carbocycles. The molecule has 1 aliphatic carbocycles. The first-order valence-electron chi connectivity index (χ1n) is 3.07. The summed E-state index contributed by atoms with van der Waals surface area (Å²) in [6.45, 7) is 2.15. The van der Waals surface area contributed by atoms with Crippen molar-refractivity contribution in [3.63, 3.8) is 0 Å². The Morgan fingerprint density at radius 3 is 2.50 bits per heavy atom. The molecule has 0 saturated carbocycles. The van der Waals surface area contributed by atoms with Gasteiger partial charge in [-0.3, -0.25) is 6.08 Å². The average molecular weight is 255 g/mol. The maximum atomic E-state index is 4.93. The van der Waals surface area contributed by atoms with E-state index in [0.29, 0.717) is 0 Å². The molecule has 0 radical (unpaired) electrons. The molecule has 3 heteroatoms. The zero-order valence-electron chi connectivity index (χ0n) is 5.82. The second-order valence-corrected chi connectivity index (χ2v) is 5.47. The van der Waals surface area contributed by atoms with Crippen molar-refractivity contribution in [2.45, 2.75) is 19.8 Å². The summed E-state index contributed by atoms with van der Waals surface area (Å²) in [5.41, 5.74) is 1.36.